The minimum absolute atomic E-state index is 0.119. The molecule has 7 heteroatoms. The average Bonchev–Trinajstić information content (AvgIpc) is 2.99. The maximum absolute atomic E-state index is 12.2. The van der Waals surface area contributed by atoms with Crippen molar-refractivity contribution >= 4 is 15.9 Å². The molecular weight excluding hydrogens is 328 g/mol. The summed E-state index contributed by atoms with van der Waals surface area (Å²) in [5.41, 5.74) is -0.198. The minimum atomic E-state index is -3.62. The smallest absolute Gasteiger partial charge is 0.251 e. The Morgan fingerprint density at radius 1 is 1.12 bits per heavy atom. The zero-order valence-electron chi connectivity index (χ0n) is 14.2. The van der Waals surface area contributed by atoms with E-state index in [1.165, 1.54) is 24.3 Å². The molecular formula is C17H22N2O4S. The number of hydrogen-bond donors (Lipinski definition) is 2. The molecule has 0 saturated carbocycles. The van der Waals surface area contributed by atoms with Crippen molar-refractivity contribution in [3.63, 3.8) is 0 Å². The molecule has 0 bridgehead atoms. The van der Waals surface area contributed by atoms with Gasteiger partial charge in [-0.3, -0.25) is 4.79 Å². The molecule has 0 aliphatic carbocycles. The van der Waals surface area contributed by atoms with E-state index in [1.54, 1.807) is 39.2 Å². The highest BCUT2D eigenvalue weighted by atomic mass is 32.2. The molecule has 1 heterocycles. The van der Waals surface area contributed by atoms with Crippen molar-refractivity contribution in [1.29, 1.82) is 0 Å². The van der Waals surface area contributed by atoms with E-state index < -0.39 is 15.6 Å². The molecule has 2 rings (SSSR count). The Hall–Kier alpha value is -2.12. The summed E-state index contributed by atoms with van der Waals surface area (Å²) < 4.78 is 32.3. The van der Waals surface area contributed by atoms with Crippen molar-refractivity contribution in [2.75, 3.05) is 0 Å². The predicted octanol–water partition coefficient (Wildman–Crippen LogP) is 2.85. The predicted molar refractivity (Wildman–Crippen MR) is 91.1 cm³/mol. The lowest BCUT2D eigenvalue weighted by Crippen LogP contribution is -2.40. The Balaban J connectivity index is 2.10. The van der Waals surface area contributed by atoms with Crippen molar-refractivity contribution in [3.05, 3.63) is 54.0 Å². The monoisotopic (exact) mass is 350 g/mol. The Morgan fingerprint density at radius 3 is 2.25 bits per heavy atom. The number of amides is 1. The van der Waals surface area contributed by atoms with Gasteiger partial charge >= 0.3 is 0 Å². The highest BCUT2D eigenvalue weighted by Gasteiger charge is 2.22. The van der Waals surface area contributed by atoms with Gasteiger partial charge in [0.1, 0.15) is 5.76 Å². The fourth-order valence-corrected chi connectivity index (χ4v) is 3.55. The van der Waals surface area contributed by atoms with Crippen LogP contribution >= 0.6 is 0 Å². The van der Waals surface area contributed by atoms with Crippen molar-refractivity contribution in [1.82, 2.24) is 10.0 Å². The number of sulfonamides is 1. The molecule has 1 aromatic heterocycles. The van der Waals surface area contributed by atoms with Crippen LogP contribution in [-0.4, -0.2) is 19.9 Å². The van der Waals surface area contributed by atoms with E-state index in [4.69, 9.17) is 4.42 Å². The molecule has 1 atom stereocenters. The van der Waals surface area contributed by atoms with Gasteiger partial charge in [-0.15, -0.1) is 0 Å². The van der Waals surface area contributed by atoms with E-state index in [2.05, 4.69) is 10.0 Å². The number of hydrogen-bond acceptors (Lipinski definition) is 4. The highest BCUT2D eigenvalue weighted by molar-refractivity contribution is 7.89. The van der Waals surface area contributed by atoms with Gasteiger partial charge in [-0.1, -0.05) is 0 Å². The first kappa shape index (κ1) is 18.2. The van der Waals surface area contributed by atoms with Crippen LogP contribution in [-0.2, 0) is 10.0 Å². The third-order valence-corrected chi connectivity index (χ3v) is 4.96. The molecule has 0 aliphatic heterocycles. The van der Waals surface area contributed by atoms with E-state index in [0.29, 0.717) is 11.3 Å². The zero-order chi connectivity index (χ0) is 18.0. The first-order valence-corrected chi connectivity index (χ1v) is 9.05. The zero-order valence-corrected chi connectivity index (χ0v) is 15.0. The molecule has 130 valence electrons. The molecule has 0 spiro atoms. The van der Waals surface area contributed by atoms with Crippen LogP contribution in [0.1, 0.15) is 49.9 Å². The first-order valence-electron chi connectivity index (χ1n) is 7.57. The van der Waals surface area contributed by atoms with E-state index in [9.17, 15) is 13.2 Å². The SMILES string of the molecule is C[C@@H](NC(=O)c1ccc(S(=O)(=O)NC(C)(C)C)cc1)c1ccco1. The van der Waals surface area contributed by atoms with Crippen LogP contribution in [0.4, 0.5) is 0 Å². The number of carbonyl (C=O) groups is 1. The summed E-state index contributed by atoms with van der Waals surface area (Å²) in [6.07, 6.45) is 1.54. The number of furan rings is 1. The summed E-state index contributed by atoms with van der Waals surface area (Å²) in [6, 6.07) is 9.06. The highest BCUT2D eigenvalue weighted by Crippen LogP contribution is 2.16. The van der Waals surface area contributed by atoms with Crippen LogP contribution in [0.3, 0.4) is 0 Å². The van der Waals surface area contributed by atoms with Gasteiger partial charge in [0.25, 0.3) is 5.91 Å². The fraction of sp³-hybridized carbons (Fsp3) is 0.353. The van der Waals surface area contributed by atoms with Gasteiger partial charge in [0, 0.05) is 11.1 Å². The third-order valence-electron chi connectivity index (χ3n) is 3.18. The van der Waals surface area contributed by atoms with Crippen LogP contribution in [0.25, 0.3) is 0 Å². The van der Waals surface area contributed by atoms with E-state index in [1.807, 2.05) is 6.92 Å². The van der Waals surface area contributed by atoms with Gasteiger partial charge < -0.3 is 9.73 Å². The van der Waals surface area contributed by atoms with Gasteiger partial charge in [-0.25, -0.2) is 13.1 Å². The summed E-state index contributed by atoms with van der Waals surface area (Å²) in [5.74, 6) is 0.351. The first-order chi connectivity index (χ1) is 11.1. The van der Waals surface area contributed by atoms with Crippen molar-refractivity contribution in [3.8, 4) is 0 Å². The van der Waals surface area contributed by atoms with Gasteiger partial charge in [0.05, 0.1) is 17.2 Å². The maximum atomic E-state index is 12.2. The molecule has 0 radical (unpaired) electrons. The minimum Gasteiger partial charge on any atom is -0.467 e. The van der Waals surface area contributed by atoms with Gasteiger partial charge in [-0.05, 0) is 64.1 Å². The van der Waals surface area contributed by atoms with Gasteiger partial charge in [0.15, 0.2) is 0 Å². The summed E-state index contributed by atoms with van der Waals surface area (Å²) >= 11 is 0. The lowest BCUT2D eigenvalue weighted by atomic mass is 10.1. The average molecular weight is 350 g/mol. The Labute approximate surface area is 142 Å². The van der Waals surface area contributed by atoms with Crippen LogP contribution in [0.5, 0.6) is 0 Å². The Morgan fingerprint density at radius 2 is 1.75 bits per heavy atom. The molecule has 0 fully saturated rings. The second kappa shape index (κ2) is 6.78. The second-order valence-corrected chi connectivity index (χ2v) is 8.27. The number of nitrogens with one attached hydrogen (secondary N) is 2. The van der Waals surface area contributed by atoms with Crippen molar-refractivity contribution < 1.29 is 17.6 Å². The van der Waals surface area contributed by atoms with E-state index in [-0.39, 0.29) is 16.8 Å². The van der Waals surface area contributed by atoms with Crippen molar-refractivity contribution in [2.45, 2.75) is 44.2 Å². The fourth-order valence-electron chi connectivity index (χ4n) is 2.14. The van der Waals surface area contributed by atoms with Gasteiger partial charge in [0.2, 0.25) is 10.0 Å². The molecule has 24 heavy (non-hydrogen) atoms. The van der Waals surface area contributed by atoms with Crippen LogP contribution in [0, 0.1) is 0 Å². The van der Waals surface area contributed by atoms with Crippen molar-refractivity contribution in [2.24, 2.45) is 0 Å². The van der Waals surface area contributed by atoms with Gasteiger partial charge in [-0.2, -0.15) is 0 Å². The van der Waals surface area contributed by atoms with Crippen LogP contribution < -0.4 is 10.0 Å². The molecule has 0 unspecified atom stereocenters. The number of rotatable bonds is 5. The second-order valence-electron chi connectivity index (χ2n) is 6.59. The molecule has 0 saturated heterocycles. The molecule has 1 aromatic carbocycles. The topological polar surface area (TPSA) is 88.4 Å². The number of carbonyl (C=O) groups excluding carboxylic acids is 1. The quantitative estimate of drug-likeness (QED) is 0.868. The maximum Gasteiger partial charge on any atom is 0.251 e. The molecule has 1 amide bonds. The number of benzene rings is 1. The molecule has 6 nitrogen and oxygen atoms in total. The Kier molecular flexibility index (Phi) is 5.15. The van der Waals surface area contributed by atoms with Crippen LogP contribution in [0.15, 0.2) is 52.0 Å². The summed E-state index contributed by atoms with van der Waals surface area (Å²) in [6.45, 7) is 7.11. The lowest BCUT2D eigenvalue weighted by molar-refractivity contribution is 0.0935. The van der Waals surface area contributed by atoms with E-state index in [0.717, 1.165) is 0 Å². The third kappa shape index (κ3) is 4.69. The Bertz CT molecular complexity index is 788. The summed E-state index contributed by atoms with van der Waals surface area (Å²) in [7, 11) is -3.62. The normalized spacial score (nSPS) is 13.5. The standard InChI is InChI=1S/C17H22N2O4S/c1-12(15-6-5-11-23-15)18-16(20)13-7-9-14(10-8-13)24(21,22)19-17(2,3)4/h5-12,19H,1-4H3,(H,18,20)/t12-/m1/s1. The molecule has 0 aliphatic rings. The van der Waals surface area contributed by atoms with Crippen LogP contribution in [0.2, 0.25) is 0 Å². The largest absolute Gasteiger partial charge is 0.467 e. The molecule has 2 N–H and O–H groups in total. The summed E-state index contributed by atoms with van der Waals surface area (Å²) in [5, 5.41) is 2.80. The molecule has 2 aromatic rings. The lowest BCUT2D eigenvalue weighted by Gasteiger charge is -2.20. The summed E-state index contributed by atoms with van der Waals surface area (Å²) in [4.78, 5) is 12.3. The van der Waals surface area contributed by atoms with E-state index >= 15 is 0 Å².